The number of likely N-dealkylation sites (tertiary alicyclic amines) is 2. The maximum Gasteiger partial charge on any atom is 0.328 e. The molecule has 1 amide bonds. The van der Waals surface area contributed by atoms with Gasteiger partial charge in [0.25, 0.3) is 0 Å². The Labute approximate surface area is 207 Å². The Bertz CT molecular complexity index is 1100. The number of esters is 1. The molecular weight excluding hydrogens is 436 g/mol. The summed E-state index contributed by atoms with van der Waals surface area (Å²) in [5, 5.41) is 0. The monoisotopic (exact) mass is 468 g/mol. The van der Waals surface area contributed by atoms with Crippen LogP contribution in [0.5, 0.6) is 0 Å². The molecule has 5 rings (SSSR count). The standard InChI is InChI=1S/C30H32N2O3/c1-35-30(34)27-19-26(31-18-17-25(20-31)22-11-5-2-6-12-22)21-32(27)29(33)28(23-13-7-3-8-14-23)24-15-9-4-10-16-24/h2-16,25-28H,17-21H2,1H3/t25-,26-,27-/m0/s1. The number of hydrogen-bond donors (Lipinski definition) is 0. The van der Waals surface area contributed by atoms with Crippen LogP contribution in [0.1, 0.15) is 41.4 Å². The molecule has 180 valence electrons. The third-order valence-electron chi connectivity index (χ3n) is 7.56. The van der Waals surface area contributed by atoms with Gasteiger partial charge < -0.3 is 9.64 Å². The van der Waals surface area contributed by atoms with Gasteiger partial charge in [-0.05, 0) is 42.0 Å². The molecule has 0 saturated carbocycles. The van der Waals surface area contributed by atoms with Crippen molar-refractivity contribution in [3.05, 3.63) is 108 Å². The molecule has 0 radical (unpaired) electrons. The summed E-state index contributed by atoms with van der Waals surface area (Å²) in [7, 11) is 1.41. The highest BCUT2D eigenvalue weighted by atomic mass is 16.5. The predicted molar refractivity (Wildman–Crippen MR) is 136 cm³/mol. The second-order valence-corrected chi connectivity index (χ2v) is 9.56. The first-order valence-electron chi connectivity index (χ1n) is 12.4. The fourth-order valence-electron chi connectivity index (χ4n) is 5.73. The Kier molecular flexibility index (Phi) is 6.96. The van der Waals surface area contributed by atoms with E-state index in [0.29, 0.717) is 18.9 Å². The van der Waals surface area contributed by atoms with Gasteiger partial charge >= 0.3 is 5.97 Å². The molecule has 5 heteroatoms. The van der Waals surface area contributed by atoms with Gasteiger partial charge in [-0.1, -0.05) is 91.0 Å². The van der Waals surface area contributed by atoms with E-state index in [4.69, 9.17) is 4.74 Å². The molecule has 2 aliphatic rings. The number of amides is 1. The van der Waals surface area contributed by atoms with Crippen molar-refractivity contribution in [2.75, 3.05) is 26.7 Å². The van der Waals surface area contributed by atoms with E-state index in [9.17, 15) is 9.59 Å². The smallest absolute Gasteiger partial charge is 0.328 e. The Morgan fingerprint density at radius 1 is 0.829 bits per heavy atom. The largest absolute Gasteiger partial charge is 0.467 e. The summed E-state index contributed by atoms with van der Waals surface area (Å²) in [5.41, 5.74) is 3.22. The van der Waals surface area contributed by atoms with Crippen molar-refractivity contribution in [2.45, 2.75) is 36.8 Å². The minimum atomic E-state index is -0.566. The first-order valence-corrected chi connectivity index (χ1v) is 12.4. The Hall–Kier alpha value is -3.44. The van der Waals surface area contributed by atoms with Gasteiger partial charge in [0.05, 0.1) is 13.0 Å². The van der Waals surface area contributed by atoms with E-state index < -0.39 is 12.0 Å². The van der Waals surface area contributed by atoms with E-state index >= 15 is 0 Å². The van der Waals surface area contributed by atoms with Crippen LogP contribution in [0.25, 0.3) is 0 Å². The highest BCUT2D eigenvalue weighted by Gasteiger charge is 2.45. The maximum atomic E-state index is 14.1. The van der Waals surface area contributed by atoms with Crippen molar-refractivity contribution in [1.82, 2.24) is 9.80 Å². The molecule has 3 aromatic rings. The Morgan fingerprint density at radius 3 is 1.97 bits per heavy atom. The minimum absolute atomic E-state index is 0.0425. The maximum absolute atomic E-state index is 14.1. The molecule has 2 aliphatic heterocycles. The van der Waals surface area contributed by atoms with Crippen molar-refractivity contribution in [1.29, 1.82) is 0 Å². The van der Waals surface area contributed by atoms with Crippen LogP contribution in [0.4, 0.5) is 0 Å². The molecule has 0 aliphatic carbocycles. The van der Waals surface area contributed by atoms with E-state index in [2.05, 4.69) is 29.2 Å². The van der Waals surface area contributed by atoms with Gasteiger partial charge in [0.1, 0.15) is 6.04 Å². The summed E-state index contributed by atoms with van der Waals surface area (Å²) in [5.74, 6) is -0.350. The third-order valence-corrected chi connectivity index (χ3v) is 7.56. The summed E-state index contributed by atoms with van der Waals surface area (Å²) < 4.78 is 5.16. The van der Waals surface area contributed by atoms with Crippen molar-refractivity contribution in [3.8, 4) is 0 Å². The molecule has 2 fully saturated rings. The Balaban J connectivity index is 1.40. The molecule has 0 bridgehead atoms. The summed E-state index contributed by atoms with van der Waals surface area (Å²) in [6.07, 6.45) is 1.70. The summed E-state index contributed by atoms with van der Waals surface area (Å²) in [6.45, 7) is 2.46. The van der Waals surface area contributed by atoms with E-state index in [-0.39, 0.29) is 17.9 Å². The molecule has 2 heterocycles. The lowest BCUT2D eigenvalue weighted by atomic mass is 9.90. The number of carbonyl (C=O) groups is 2. The van der Waals surface area contributed by atoms with Gasteiger partial charge in [-0.15, -0.1) is 0 Å². The van der Waals surface area contributed by atoms with Crippen LogP contribution >= 0.6 is 0 Å². The van der Waals surface area contributed by atoms with Crippen LogP contribution in [0.2, 0.25) is 0 Å². The van der Waals surface area contributed by atoms with E-state index in [0.717, 1.165) is 30.6 Å². The van der Waals surface area contributed by atoms with Gasteiger partial charge in [-0.2, -0.15) is 0 Å². The average molecular weight is 469 g/mol. The molecule has 0 unspecified atom stereocenters. The number of nitrogens with zero attached hydrogens (tertiary/aromatic N) is 2. The van der Waals surface area contributed by atoms with Gasteiger partial charge in [0, 0.05) is 19.1 Å². The molecule has 0 aromatic heterocycles. The molecule has 3 aromatic carbocycles. The molecule has 0 spiro atoms. The highest BCUT2D eigenvalue weighted by molar-refractivity contribution is 5.91. The summed E-state index contributed by atoms with van der Waals surface area (Å²) in [4.78, 5) is 31.2. The second kappa shape index (κ2) is 10.4. The van der Waals surface area contributed by atoms with Crippen molar-refractivity contribution in [3.63, 3.8) is 0 Å². The number of methoxy groups -OCH3 is 1. The molecule has 0 N–H and O–H groups in total. The summed E-state index contributed by atoms with van der Waals surface area (Å²) in [6, 6.07) is 29.9. The molecule has 35 heavy (non-hydrogen) atoms. The molecule has 3 atom stereocenters. The fraction of sp³-hybridized carbons (Fsp3) is 0.333. The van der Waals surface area contributed by atoms with E-state index in [1.54, 1.807) is 4.90 Å². The van der Waals surface area contributed by atoms with Gasteiger partial charge in [-0.3, -0.25) is 9.69 Å². The Morgan fingerprint density at radius 2 is 1.40 bits per heavy atom. The number of carbonyl (C=O) groups excluding carboxylic acids is 2. The topological polar surface area (TPSA) is 49.9 Å². The van der Waals surface area contributed by atoms with Crippen molar-refractivity contribution < 1.29 is 14.3 Å². The zero-order valence-electron chi connectivity index (χ0n) is 20.1. The number of rotatable bonds is 6. The highest BCUT2D eigenvalue weighted by Crippen LogP contribution is 2.35. The molecule has 2 saturated heterocycles. The zero-order valence-corrected chi connectivity index (χ0v) is 20.1. The van der Waals surface area contributed by atoms with Crippen LogP contribution < -0.4 is 0 Å². The summed E-state index contributed by atoms with van der Waals surface area (Å²) >= 11 is 0. The number of hydrogen-bond acceptors (Lipinski definition) is 4. The fourth-order valence-corrected chi connectivity index (χ4v) is 5.73. The quantitative estimate of drug-likeness (QED) is 0.502. The minimum Gasteiger partial charge on any atom is -0.467 e. The number of ether oxygens (including phenoxy) is 1. The van der Waals surface area contributed by atoms with Crippen molar-refractivity contribution >= 4 is 11.9 Å². The zero-order chi connectivity index (χ0) is 24.2. The third kappa shape index (κ3) is 4.87. The first-order chi connectivity index (χ1) is 17.2. The van der Waals surface area contributed by atoms with Crippen molar-refractivity contribution in [2.24, 2.45) is 0 Å². The lowest BCUT2D eigenvalue weighted by molar-refractivity contribution is -0.151. The molecule has 5 nitrogen and oxygen atoms in total. The van der Waals surface area contributed by atoms with Crippen LogP contribution in [0.15, 0.2) is 91.0 Å². The van der Waals surface area contributed by atoms with Crippen LogP contribution in [0, 0.1) is 0 Å². The van der Waals surface area contributed by atoms with Gasteiger partial charge in [-0.25, -0.2) is 4.79 Å². The molecular formula is C30H32N2O3. The normalized spacial score (nSPS) is 22.5. The SMILES string of the molecule is COC(=O)[C@@H]1C[C@H](N2CC[C@H](c3ccccc3)C2)CN1C(=O)C(c1ccccc1)c1ccccc1. The first kappa shape index (κ1) is 23.3. The lowest BCUT2D eigenvalue weighted by Gasteiger charge is -2.28. The van der Waals surface area contributed by atoms with Gasteiger partial charge in [0.15, 0.2) is 0 Å². The van der Waals surface area contributed by atoms with Crippen LogP contribution in [0.3, 0.4) is 0 Å². The lowest BCUT2D eigenvalue weighted by Crippen LogP contribution is -2.44. The average Bonchev–Trinajstić information content (AvgIpc) is 3.58. The van der Waals surface area contributed by atoms with E-state index in [1.165, 1.54) is 12.7 Å². The predicted octanol–water partition coefficient (Wildman–Crippen LogP) is 4.45. The van der Waals surface area contributed by atoms with Gasteiger partial charge in [0.2, 0.25) is 5.91 Å². The second-order valence-electron chi connectivity index (χ2n) is 9.56. The van der Waals surface area contributed by atoms with E-state index in [1.807, 2.05) is 66.7 Å². The number of benzene rings is 3. The van der Waals surface area contributed by atoms with Crippen LogP contribution in [-0.4, -0.2) is 60.5 Å². The van der Waals surface area contributed by atoms with Crippen LogP contribution in [-0.2, 0) is 14.3 Å².